The van der Waals surface area contributed by atoms with E-state index in [0.29, 0.717) is 33.3 Å². The van der Waals surface area contributed by atoms with E-state index in [1.54, 1.807) is 35.4 Å². The Hall–Kier alpha value is -3.14. The Morgan fingerprint density at radius 1 is 1.11 bits per heavy atom. The molecule has 5 rings (SSSR count). The Bertz CT molecular complexity index is 1310. The molecule has 4 heterocycles. The van der Waals surface area contributed by atoms with Crippen molar-refractivity contribution in [3.8, 4) is 28.2 Å². The van der Waals surface area contributed by atoms with Gasteiger partial charge in [-0.1, -0.05) is 30.5 Å². The highest BCUT2D eigenvalue weighted by Crippen LogP contribution is 2.38. The molecule has 0 radical (unpaired) electrons. The zero-order chi connectivity index (χ0) is 24.9. The van der Waals surface area contributed by atoms with E-state index < -0.39 is 0 Å². The number of anilines is 2. The third kappa shape index (κ3) is 5.33. The summed E-state index contributed by atoms with van der Waals surface area (Å²) < 4.78 is 20.5. The van der Waals surface area contributed by atoms with Crippen LogP contribution in [-0.2, 0) is 0 Å². The summed E-state index contributed by atoms with van der Waals surface area (Å²) in [5.41, 5.74) is 3.87. The molecule has 0 amide bonds. The van der Waals surface area contributed by atoms with E-state index in [4.69, 9.17) is 16.7 Å². The minimum absolute atomic E-state index is 0.350. The monoisotopic (exact) mass is 523 g/mol. The van der Waals surface area contributed by atoms with Crippen LogP contribution in [0.4, 0.5) is 15.8 Å². The van der Waals surface area contributed by atoms with E-state index in [9.17, 15) is 0 Å². The van der Waals surface area contributed by atoms with Crippen LogP contribution in [-0.4, -0.2) is 51.7 Å². The van der Waals surface area contributed by atoms with E-state index >= 15 is 4.39 Å². The van der Waals surface area contributed by atoms with Gasteiger partial charge in [0.2, 0.25) is 0 Å². The van der Waals surface area contributed by atoms with E-state index in [2.05, 4.69) is 31.8 Å². The molecule has 1 saturated heterocycles. The fourth-order valence-corrected chi connectivity index (χ4v) is 4.95. The van der Waals surface area contributed by atoms with Gasteiger partial charge in [0.1, 0.15) is 5.69 Å². The molecule has 0 aliphatic carbocycles. The Morgan fingerprint density at radius 2 is 1.92 bits per heavy atom. The fourth-order valence-electron chi connectivity index (χ4n) is 4.13. The van der Waals surface area contributed by atoms with Crippen molar-refractivity contribution in [2.24, 2.45) is 0 Å². The van der Waals surface area contributed by atoms with Gasteiger partial charge >= 0.3 is 0 Å². The molecule has 0 bridgehead atoms. The number of aromatic nitrogens is 4. The van der Waals surface area contributed by atoms with E-state index in [0.717, 1.165) is 49.6 Å². The summed E-state index contributed by atoms with van der Waals surface area (Å²) in [6.07, 6.45) is 8.04. The van der Waals surface area contributed by atoms with Crippen LogP contribution in [0, 0.1) is 5.82 Å². The highest BCUT2D eigenvalue weighted by Gasteiger charge is 2.21. The molecular weight excluding hydrogens is 497 g/mol. The van der Waals surface area contributed by atoms with Gasteiger partial charge in [-0.05, 0) is 42.8 Å². The van der Waals surface area contributed by atoms with Gasteiger partial charge in [-0.25, -0.2) is 14.1 Å². The molecule has 0 unspecified atom stereocenters. The molecule has 1 aliphatic heterocycles. The van der Waals surface area contributed by atoms with Crippen LogP contribution in [0.5, 0.6) is 0 Å². The van der Waals surface area contributed by atoms with Gasteiger partial charge < -0.3 is 14.9 Å². The molecule has 10 heteroatoms. The van der Waals surface area contributed by atoms with Crippen LogP contribution in [0.15, 0.2) is 61.2 Å². The summed E-state index contributed by atoms with van der Waals surface area (Å²) in [7, 11) is 0. The zero-order valence-electron chi connectivity index (χ0n) is 19.9. The first-order valence-electron chi connectivity index (χ1n) is 11.9. The third-order valence-corrected chi connectivity index (χ3v) is 7.13. The van der Waals surface area contributed by atoms with Crippen molar-refractivity contribution in [1.82, 2.24) is 25.1 Å². The molecule has 7 nitrogen and oxygen atoms in total. The number of nitrogens with one attached hydrogen (secondary N) is 2. The minimum atomic E-state index is -0.375. The molecule has 186 valence electrons. The standard InChI is InChI=1S/C26H27ClFN7S/c1-2-13-36-33-23-15-19(27)14-21(25(23)28)22-17-35(32-26(22)18-5-7-29-8-6-18)24-4-3-20(16-31-24)34-11-9-30-10-12-34/h3-8,14-17,30,33H,2,9-13H2,1H3. The van der Waals surface area contributed by atoms with Crippen molar-refractivity contribution in [2.45, 2.75) is 13.3 Å². The molecule has 0 spiro atoms. The van der Waals surface area contributed by atoms with Crippen LogP contribution in [0.3, 0.4) is 0 Å². The van der Waals surface area contributed by atoms with Gasteiger partial charge in [-0.15, -0.1) is 0 Å². The number of rotatable bonds is 8. The Labute approximate surface area is 219 Å². The summed E-state index contributed by atoms with van der Waals surface area (Å²) >= 11 is 7.88. The minimum Gasteiger partial charge on any atom is -0.368 e. The lowest BCUT2D eigenvalue weighted by Gasteiger charge is -2.29. The smallest absolute Gasteiger partial charge is 0.155 e. The fraction of sp³-hybridized carbons (Fsp3) is 0.269. The maximum Gasteiger partial charge on any atom is 0.155 e. The van der Waals surface area contributed by atoms with E-state index in [1.807, 2.05) is 30.5 Å². The van der Waals surface area contributed by atoms with Crippen LogP contribution < -0.4 is 14.9 Å². The van der Waals surface area contributed by atoms with Crippen LogP contribution in [0.1, 0.15) is 13.3 Å². The van der Waals surface area contributed by atoms with Crippen LogP contribution >= 0.6 is 23.5 Å². The normalized spacial score (nSPS) is 13.7. The van der Waals surface area contributed by atoms with Gasteiger partial charge in [0.25, 0.3) is 0 Å². The highest BCUT2D eigenvalue weighted by molar-refractivity contribution is 8.00. The van der Waals surface area contributed by atoms with E-state index in [-0.39, 0.29) is 5.82 Å². The number of halogens is 2. The molecule has 1 aliphatic rings. The molecule has 4 aromatic rings. The summed E-state index contributed by atoms with van der Waals surface area (Å²) in [5, 5.41) is 8.62. The molecule has 36 heavy (non-hydrogen) atoms. The van der Waals surface area contributed by atoms with Crippen molar-refractivity contribution in [3.63, 3.8) is 0 Å². The average Bonchev–Trinajstić information content (AvgIpc) is 3.37. The van der Waals surface area contributed by atoms with Crippen LogP contribution in [0.25, 0.3) is 28.2 Å². The number of benzene rings is 1. The van der Waals surface area contributed by atoms with Gasteiger partial charge in [0.15, 0.2) is 11.6 Å². The molecule has 1 fully saturated rings. The SMILES string of the molecule is CCCSNc1cc(Cl)cc(-c2cn(-c3ccc(N4CCNCC4)cn3)nc2-c2ccncc2)c1F. The second-order valence-corrected chi connectivity index (χ2v) is 9.79. The highest BCUT2D eigenvalue weighted by atomic mass is 35.5. The zero-order valence-corrected chi connectivity index (χ0v) is 21.5. The molecule has 3 aromatic heterocycles. The first-order valence-corrected chi connectivity index (χ1v) is 13.3. The number of nitrogens with zero attached hydrogens (tertiary/aromatic N) is 5. The maximum atomic E-state index is 15.7. The molecule has 1 aromatic carbocycles. The Balaban J connectivity index is 1.55. The lowest BCUT2D eigenvalue weighted by atomic mass is 10.0. The van der Waals surface area contributed by atoms with Gasteiger partial charge in [-0.3, -0.25) is 4.98 Å². The van der Waals surface area contributed by atoms with Crippen molar-refractivity contribution in [1.29, 1.82) is 0 Å². The quantitative estimate of drug-likeness (QED) is 0.228. The summed E-state index contributed by atoms with van der Waals surface area (Å²) in [4.78, 5) is 11.1. The number of hydrogen-bond acceptors (Lipinski definition) is 7. The molecule has 0 saturated carbocycles. The van der Waals surface area contributed by atoms with Crippen molar-refractivity contribution < 1.29 is 4.39 Å². The van der Waals surface area contributed by atoms with Gasteiger partial charge in [0, 0.05) is 72.2 Å². The van der Waals surface area contributed by atoms with Gasteiger partial charge in [-0.2, -0.15) is 5.10 Å². The van der Waals surface area contributed by atoms with Crippen molar-refractivity contribution in [2.75, 3.05) is 41.6 Å². The number of hydrogen-bond donors (Lipinski definition) is 2. The predicted octanol–water partition coefficient (Wildman–Crippen LogP) is 5.67. The lowest BCUT2D eigenvalue weighted by molar-refractivity contribution is 0.588. The topological polar surface area (TPSA) is 70.9 Å². The summed E-state index contributed by atoms with van der Waals surface area (Å²) in [6.45, 7) is 5.88. The Kier molecular flexibility index (Phi) is 7.69. The first-order chi connectivity index (χ1) is 17.6. The van der Waals surface area contributed by atoms with Crippen molar-refractivity contribution in [3.05, 3.63) is 72.0 Å². The van der Waals surface area contributed by atoms with Crippen molar-refractivity contribution >= 4 is 34.9 Å². The van der Waals surface area contributed by atoms with E-state index in [1.165, 1.54) is 11.9 Å². The lowest BCUT2D eigenvalue weighted by Crippen LogP contribution is -2.43. The summed E-state index contributed by atoms with van der Waals surface area (Å²) in [6, 6.07) is 10.9. The third-order valence-electron chi connectivity index (χ3n) is 5.93. The predicted molar refractivity (Wildman–Crippen MR) is 146 cm³/mol. The second-order valence-electron chi connectivity index (χ2n) is 8.45. The van der Waals surface area contributed by atoms with Gasteiger partial charge in [0.05, 0.1) is 17.6 Å². The molecule has 2 N–H and O–H groups in total. The first kappa shape index (κ1) is 24.5. The maximum absolute atomic E-state index is 15.7. The number of pyridine rings is 2. The Morgan fingerprint density at radius 3 is 2.64 bits per heavy atom. The largest absolute Gasteiger partial charge is 0.368 e. The van der Waals surface area contributed by atoms with Crippen LogP contribution in [0.2, 0.25) is 5.02 Å². The second kappa shape index (κ2) is 11.3. The average molecular weight is 524 g/mol. The molecule has 0 atom stereocenters. The summed E-state index contributed by atoms with van der Waals surface area (Å²) in [5.74, 6) is 1.13. The number of piperazine rings is 1. The molecular formula is C26H27ClFN7S.